The highest BCUT2D eigenvalue weighted by molar-refractivity contribution is 7.99. The van der Waals surface area contributed by atoms with E-state index in [0.717, 1.165) is 10.6 Å². The molecule has 138 valence electrons. The molecule has 0 saturated carbocycles. The van der Waals surface area contributed by atoms with Gasteiger partial charge < -0.3 is 14.6 Å². The number of aromatic nitrogens is 1. The van der Waals surface area contributed by atoms with Gasteiger partial charge in [0.2, 0.25) is 0 Å². The number of ether oxygens (including phenoxy) is 1. The molecule has 1 aromatic carbocycles. The largest absolute Gasteiger partial charge is 0.451 e. The molecule has 0 radical (unpaired) electrons. The first-order valence-electron chi connectivity index (χ1n) is 8.17. The number of nitrogens with one attached hydrogen (secondary N) is 1. The van der Waals surface area contributed by atoms with Crippen LogP contribution in [0.4, 0.5) is 0 Å². The average Bonchev–Trinajstić information content (AvgIpc) is 3.00. The molecule has 7 heteroatoms. The van der Waals surface area contributed by atoms with Crippen LogP contribution in [0, 0.1) is 6.92 Å². The van der Waals surface area contributed by atoms with E-state index in [-0.39, 0.29) is 24.0 Å². The van der Waals surface area contributed by atoms with Crippen LogP contribution in [-0.4, -0.2) is 41.1 Å². The van der Waals surface area contributed by atoms with Gasteiger partial charge in [-0.3, -0.25) is 9.59 Å². The number of esters is 1. The number of hydrogen-bond acceptors (Lipinski definition) is 5. The van der Waals surface area contributed by atoms with Crippen LogP contribution in [0.2, 0.25) is 0 Å². The van der Waals surface area contributed by atoms with Crippen LogP contribution in [0.3, 0.4) is 0 Å². The van der Waals surface area contributed by atoms with Crippen molar-refractivity contribution >= 4 is 29.4 Å². The maximum absolute atomic E-state index is 12.0. The lowest BCUT2D eigenvalue weighted by Crippen LogP contribution is -2.30. The van der Waals surface area contributed by atoms with Crippen LogP contribution in [0.1, 0.15) is 33.3 Å². The van der Waals surface area contributed by atoms with Gasteiger partial charge in [-0.1, -0.05) is 17.7 Å². The molecule has 0 unspecified atom stereocenters. The number of rotatable bonds is 8. The minimum absolute atomic E-state index is 0.136. The normalized spacial score (nSPS) is 10.4. The molecule has 1 heterocycles. The monoisotopic (exact) mass is 374 g/mol. The molecule has 0 atom stereocenters. The van der Waals surface area contributed by atoms with E-state index >= 15 is 0 Å². The molecule has 0 spiro atoms. The molecule has 0 fully saturated rings. The Morgan fingerprint density at radius 1 is 1.19 bits per heavy atom. The molecule has 26 heavy (non-hydrogen) atoms. The standard InChI is InChI=1S/C19H22N2O4S/c1-13-4-6-16(7-5-13)26-9-8-20-18(23)12-25-19(24)17-10-15(14(2)22)11-21(17)3/h4-7,10-11H,8-9,12H2,1-3H3,(H,20,23). The lowest BCUT2D eigenvalue weighted by Gasteiger charge is -2.07. The van der Waals surface area contributed by atoms with Crippen molar-refractivity contribution in [3.8, 4) is 0 Å². The Hall–Kier alpha value is -2.54. The minimum atomic E-state index is -0.635. The Labute approximate surface area is 156 Å². The Morgan fingerprint density at radius 3 is 2.50 bits per heavy atom. The van der Waals surface area contributed by atoms with Gasteiger partial charge >= 0.3 is 5.97 Å². The molecule has 0 aliphatic rings. The van der Waals surface area contributed by atoms with Crippen molar-refractivity contribution in [2.24, 2.45) is 7.05 Å². The lowest BCUT2D eigenvalue weighted by atomic mass is 10.2. The number of Topliss-reactive ketones (excluding diaryl/α,β-unsaturated/α-hetero) is 1. The molecule has 0 aliphatic heterocycles. The number of thioether (sulfide) groups is 1. The Kier molecular flexibility index (Phi) is 7.03. The maximum Gasteiger partial charge on any atom is 0.355 e. The second-order valence-corrected chi connectivity index (χ2v) is 7.04. The van der Waals surface area contributed by atoms with Crippen molar-refractivity contribution in [3.63, 3.8) is 0 Å². The summed E-state index contributed by atoms with van der Waals surface area (Å²) in [6.45, 7) is 3.58. The van der Waals surface area contributed by atoms with E-state index in [1.54, 1.807) is 25.0 Å². The zero-order valence-corrected chi connectivity index (χ0v) is 15.9. The third-order valence-electron chi connectivity index (χ3n) is 3.67. The number of nitrogens with zero attached hydrogens (tertiary/aromatic N) is 1. The lowest BCUT2D eigenvalue weighted by molar-refractivity contribution is -0.124. The van der Waals surface area contributed by atoms with E-state index in [0.29, 0.717) is 12.1 Å². The number of carbonyl (C=O) groups excluding carboxylic acids is 3. The molecule has 2 aromatic rings. The predicted molar refractivity (Wildman–Crippen MR) is 101 cm³/mol. The van der Waals surface area contributed by atoms with Crippen molar-refractivity contribution in [2.75, 3.05) is 18.9 Å². The Bertz CT molecular complexity index is 796. The van der Waals surface area contributed by atoms with Crippen molar-refractivity contribution in [2.45, 2.75) is 18.7 Å². The predicted octanol–water partition coefficient (Wildman–Crippen LogP) is 2.60. The zero-order valence-electron chi connectivity index (χ0n) is 15.1. The third kappa shape index (κ3) is 5.77. The van der Waals surface area contributed by atoms with Gasteiger partial charge in [-0.2, -0.15) is 0 Å². The summed E-state index contributed by atoms with van der Waals surface area (Å²) in [4.78, 5) is 36.3. The Morgan fingerprint density at radius 2 is 1.88 bits per heavy atom. The average molecular weight is 374 g/mol. The number of aryl methyl sites for hydroxylation is 2. The summed E-state index contributed by atoms with van der Waals surface area (Å²) in [5.74, 6) is -0.404. The fourth-order valence-corrected chi connectivity index (χ4v) is 2.98. The molecule has 0 bridgehead atoms. The summed E-state index contributed by atoms with van der Waals surface area (Å²) in [6, 6.07) is 9.63. The van der Waals surface area contributed by atoms with Gasteiger partial charge in [0.05, 0.1) is 0 Å². The van der Waals surface area contributed by atoms with Gasteiger partial charge in [0, 0.05) is 36.0 Å². The van der Waals surface area contributed by atoms with Crippen LogP contribution in [-0.2, 0) is 16.6 Å². The molecular formula is C19H22N2O4S. The maximum atomic E-state index is 12.0. The molecule has 1 amide bonds. The summed E-state index contributed by atoms with van der Waals surface area (Å²) in [6.07, 6.45) is 1.56. The number of hydrogen-bond donors (Lipinski definition) is 1. The topological polar surface area (TPSA) is 77.4 Å². The van der Waals surface area contributed by atoms with Crippen LogP contribution in [0.25, 0.3) is 0 Å². The van der Waals surface area contributed by atoms with E-state index < -0.39 is 5.97 Å². The van der Waals surface area contributed by atoms with Crippen molar-refractivity contribution in [1.29, 1.82) is 0 Å². The third-order valence-corrected chi connectivity index (χ3v) is 4.68. The summed E-state index contributed by atoms with van der Waals surface area (Å²) in [5, 5.41) is 2.71. The molecule has 6 nitrogen and oxygen atoms in total. The van der Waals surface area contributed by atoms with Crippen LogP contribution < -0.4 is 5.32 Å². The van der Waals surface area contributed by atoms with E-state index in [2.05, 4.69) is 5.32 Å². The highest BCUT2D eigenvalue weighted by Gasteiger charge is 2.16. The second-order valence-electron chi connectivity index (χ2n) is 5.87. The van der Waals surface area contributed by atoms with Gasteiger partial charge in [-0.05, 0) is 32.0 Å². The van der Waals surface area contributed by atoms with Crippen molar-refractivity contribution in [3.05, 3.63) is 53.3 Å². The molecule has 0 saturated heterocycles. The van der Waals surface area contributed by atoms with Crippen molar-refractivity contribution < 1.29 is 19.1 Å². The summed E-state index contributed by atoms with van der Waals surface area (Å²) >= 11 is 1.64. The first-order chi connectivity index (χ1) is 12.4. The number of amides is 1. The molecule has 2 rings (SSSR count). The fraction of sp³-hybridized carbons (Fsp3) is 0.316. The SMILES string of the molecule is CC(=O)c1cc(C(=O)OCC(=O)NCCSc2ccc(C)cc2)n(C)c1. The van der Waals surface area contributed by atoms with E-state index in [1.807, 2.05) is 31.2 Å². The first-order valence-corrected chi connectivity index (χ1v) is 9.16. The molecular weight excluding hydrogens is 352 g/mol. The smallest absolute Gasteiger partial charge is 0.355 e. The number of benzene rings is 1. The highest BCUT2D eigenvalue weighted by atomic mass is 32.2. The number of ketones is 1. The van der Waals surface area contributed by atoms with Gasteiger partial charge in [0.25, 0.3) is 5.91 Å². The summed E-state index contributed by atoms with van der Waals surface area (Å²) in [5.41, 5.74) is 1.87. The molecule has 1 N–H and O–H groups in total. The zero-order chi connectivity index (χ0) is 19.1. The number of carbonyl (C=O) groups is 3. The van der Waals surface area contributed by atoms with Gasteiger partial charge in [-0.25, -0.2) is 4.79 Å². The van der Waals surface area contributed by atoms with E-state index in [9.17, 15) is 14.4 Å². The molecule has 1 aromatic heterocycles. The summed E-state index contributed by atoms with van der Waals surface area (Å²) in [7, 11) is 1.64. The van der Waals surface area contributed by atoms with E-state index in [1.165, 1.54) is 23.1 Å². The van der Waals surface area contributed by atoms with Gasteiger partial charge in [0.15, 0.2) is 12.4 Å². The minimum Gasteiger partial charge on any atom is -0.451 e. The van der Waals surface area contributed by atoms with Crippen LogP contribution in [0.5, 0.6) is 0 Å². The fourth-order valence-electron chi connectivity index (χ4n) is 2.21. The van der Waals surface area contributed by atoms with Crippen molar-refractivity contribution in [1.82, 2.24) is 9.88 Å². The second kappa shape index (κ2) is 9.24. The quantitative estimate of drug-likeness (QED) is 0.333. The highest BCUT2D eigenvalue weighted by Crippen LogP contribution is 2.17. The molecule has 0 aliphatic carbocycles. The summed E-state index contributed by atoms with van der Waals surface area (Å²) < 4.78 is 6.51. The van der Waals surface area contributed by atoms with Crippen LogP contribution >= 0.6 is 11.8 Å². The van der Waals surface area contributed by atoms with Crippen LogP contribution in [0.15, 0.2) is 41.4 Å². The van der Waals surface area contributed by atoms with Gasteiger partial charge in [-0.15, -0.1) is 11.8 Å². The van der Waals surface area contributed by atoms with E-state index in [4.69, 9.17) is 4.74 Å². The Balaban J connectivity index is 1.70. The first kappa shape index (κ1) is 19.8. The van der Waals surface area contributed by atoms with Gasteiger partial charge in [0.1, 0.15) is 5.69 Å².